The van der Waals surface area contributed by atoms with Gasteiger partial charge in [-0.25, -0.2) is 4.79 Å². The fraction of sp³-hybridized carbons (Fsp3) is 0.462. The predicted molar refractivity (Wildman–Crippen MR) is 65.6 cm³/mol. The third-order valence-corrected chi connectivity index (χ3v) is 3.06. The Labute approximate surface area is 102 Å². The molecule has 1 saturated heterocycles. The maximum Gasteiger partial charge on any atom is 0.327 e. The molecule has 0 amide bonds. The highest BCUT2D eigenvalue weighted by Gasteiger charge is 2.29. The first kappa shape index (κ1) is 12.1. The molecule has 1 fully saturated rings. The lowest BCUT2D eigenvalue weighted by Crippen LogP contribution is -2.47. The summed E-state index contributed by atoms with van der Waals surface area (Å²) < 4.78 is 4.92. The number of nitrogens with one attached hydrogen (secondary N) is 1. The van der Waals surface area contributed by atoms with E-state index in [1.54, 1.807) is 0 Å². The summed E-state index contributed by atoms with van der Waals surface area (Å²) in [5.74, 6) is -0.182. The average Bonchev–Trinajstić information content (AvgIpc) is 2.41. The number of esters is 1. The molecule has 17 heavy (non-hydrogen) atoms. The van der Waals surface area contributed by atoms with Crippen molar-refractivity contribution in [3.63, 3.8) is 0 Å². The van der Waals surface area contributed by atoms with Gasteiger partial charge in [0.15, 0.2) is 0 Å². The number of benzene rings is 1. The number of rotatable bonds is 3. The maximum absolute atomic E-state index is 11.9. The molecule has 1 heterocycles. The van der Waals surface area contributed by atoms with E-state index in [1.807, 2.05) is 30.3 Å². The fourth-order valence-electron chi connectivity index (χ4n) is 2.18. The number of hydrogen-bond donors (Lipinski definition) is 1. The quantitative estimate of drug-likeness (QED) is 0.786. The van der Waals surface area contributed by atoms with E-state index in [1.165, 1.54) is 7.11 Å². The Bertz CT molecular complexity index is 361. The second-order valence-electron chi connectivity index (χ2n) is 4.12. The van der Waals surface area contributed by atoms with Crippen molar-refractivity contribution in [1.29, 1.82) is 0 Å². The van der Waals surface area contributed by atoms with Gasteiger partial charge in [-0.15, -0.1) is 0 Å². The summed E-state index contributed by atoms with van der Waals surface area (Å²) >= 11 is 0. The highest BCUT2D eigenvalue weighted by atomic mass is 16.5. The first-order valence-electron chi connectivity index (χ1n) is 5.90. The smallest absolute Gasteiger partial charge is 0.327 e. The van der Waals surface area contributed by atoms with Crippen LogP contribution in [-0.4, -0.2) is 44.2 Å². The van der Waals surface area contributed by atoms with Gasteiger partial charge in [0.1, 0.15) is 6.04 Å². The topological polar surface area (TPSA) is 41.6 Å². The van der Waals surface area contributed by atoms with Crippen LogP contribution in [0.5, 0.6) is 0 Å². The van der Waals surface area contributed by atoms with Crippen LogP contribution in [-0.2, 0) is 9.53 Å². The summed E-state index contributed by atoms with van der Waals surface area (Å²) in [5.41, 5.74) is 1.00. The summed E-state index contributed by atoms with van der Waals surface area (Å²) in [6, 6.07) is 9.53. The Hall–Kier alpha value is -1.39. The fourth-order valence-corrected chi connectivity index (χ4v) is 2.18. The molecule has 0 radical (unpaired) electrons. The van der Waals surface area contributed by atoms with Crippen LogP contribution in [0.1, 0.15) is 11.6 Å². The highest BCUT2D eigenvalue weighted by Crippen LogP contribution is 2.22. The minimum Gasteiger partial charge on any atom is -0.468 e. The van der Waals surface area contributed by atoms with Crippen molar-refractivity contribution >= 4 is 5.97 Å². The van der Waals surface area contributed by atoms with Gasteiger partial charge >= 0.3 is 5.97 Å². The molecule has 1 aromatic carbocycles. The lowest BCUT2D eigenvalue weighted by Gasteiger charge is -2.33. The predicted octanol–water partition coefficient (Wildman–Crippen LogP) is 0.806. The summed E-state index contributed by atoms with van der Waals surface area (Å²) in [6.45, 7) is 3.57. The first-order chi connectivity index (χ1) is 8.33. The molecule has 1 aliphatic heterocycles. The van der Waals surface area contributed by atoms with Gasteiger partial charge in [0.05, 0.1) is 7.11 Å². The van der Waals surface area contributed by atoms with Crippen LogP contribution in [0.25, 0.3) is 0 Å². The Morgan fingerprint density at radius 2 is 1.94 bits per heavy atom. The Balaban J connectivity index is 2.21. The molecular formula is C13H18N2O2. The third kappa shape index (κ3) is 2.84. The first-order valence-corrected chi connectivity index (χ1v) is 5.90. The lowest BCUT2D eigenvalue weighted by atomic mass is 10.0. The van der Waals surface area contributed by atoms with Crippen molar-refractivity contribution in [2.24, 2.45) is 0 Å². The number of methoxy groups -OCH3 is 1. The zero-order valence-electron chi connectivity index (χ0n) is 10.1. The van der Waals surface area contributed by atoms with E-state index in [9.17, 15) is 4.79 Å². The number of carbonyl (C=O) groups excluding carboxylic acids is 1. The van der Waals surface area contributed by atoms with E-state index >= 15 is 0 Å². The van der Waals surface area contributed by atoms with Crippen LogP contribution in [0.15, 0.2) is 30.3 Å². The molecule has 0 aliphatic carbocycles. The highest BCUT2D eigenvalue weighted by molar-refractivity contribution is 5.77. The van der Waals surface area contributed by atoms with Crippen LogP contribution in [0.2, 0.25) is 0 Å². The number of ether oxygens (including phenoxy) is 1. The van der Waals surface area contributed by atoms with Crippen molar-refractivity contribution in [2.75, 3.05) is 33.3 Å². The molecule has 0 spiro atoms. The molecule has 2 rings (SSSR count). The van der Waals surface area contributed by atoms with E-state index in [4.69, 9.17) is 4.74 Å². The second kappa shape index (κ2) is 5.80. The van der Waals surface area contributed by atoms with Crippen molar-refractivity contribution in [3.8, 4) is 0 Å². The molecule has 0 aromatic heterocycles. The minimum atomic E-state index is -0.275. The van der Waals surface area contributed by atoms with Crippen LogP contribution in [0.4, 0.5) is 0 Å². The molecule has 1 N–H and O–H groups in total. The molecule has 1 unspecified atom stereocenters. The zero-order chi connectivity index (χ0) is 12.1. The van der Waals surface area contributed by atoms with Crippen molar-refractivity contribution in [1.82, 2.24) is 10.2 Å². The minimum absolute atomic E-state index is 0.182. The van der Waals surface area contributed by atoms with Crippen LogP contribution in [0, 0.1) is 0 Å². The number of hydrogen-bond acceptors (Lipinski definition) is 4. The average molecular weight is 234 g/mol. The van der Waals surface area contributed by atoms with Gasteiger partial charge < -0.3 is 10.1 Å². The monoisotopic (exact) mass is 234 g/mol. The van der Waals surface area contributed by atoms with Crippen molar-refractivity contribution in [2.45, 2.75) is 6.04 Å². The molecule has 4 nitrogen and oxygen atoms in total. The molecule has 1 aliphatic rings. The van der Waals surface area contributed by atoms with Crippen molar-refractivity contribution in [3.05, 3.63) is 35.9 Å². The van der Waals surface area contributed by atoms with E-state index in [0.717, 1.165) is 31.7 Å². The number of nitrogens with zero attached hydrogens (tertiary/aromatic N) is 1. The van der Waals surface area contributed by atoms with Crippen LogP contribution in [0.3, 0.4) is 0 Å². The molecule has 92 valence electrons. The van der Waals surface area contributed by atoms with Gasteiger partial charge in [-0.3, -0.25) is 4.90 Å². The zero-order valence-corrected chi connectivity index (χ0v) is 10.1. The number of piperazine rings is 1. The number of carbonyl (C=O) groups is 1. The van der Waals surface area contributed by atoms with Crippen molar-refractivity contribution < 1.29 is 9.53 Å². The van der Waals surface area contributed by atoms with Gasteiger partial charge in [-0.1, -0.05) is 30.3 Å². The molecular weight excluding hydrogens is 216 g/mol. The molecule has 0 bridgehead atoms. The van der Waals surface area contributed by atoms with Gasteiger partial charge in [0.25, 0.3) is 0 Å². The molecule has 4 heteroatoms. The second-order valence-corrected chi connectivity index (χ2v) is 4.12. The lowest BCUT2D eigenvalue weighted by molar-refractivity contribution is -0.147. The van der Waals surface area contributed by atoms with E-state index in [0.29, 0.717) is 0 Å². The molecule has 0 saturated carbocycles. The summed E-state index contributed by atoms with van der Waals surface area (Å²) in [4.78, 5) is 14.1. The summed E-state index contributed by atoms with van der Waals surface area (Å²) in [7, 11) is 1.44. The Morgan fingerprint density at radius 3 is 2.53 bits per heavy atom. The molecule has 1 atom stereocenters. The van der Waals surface area contributed by atoms with Gasteiger partial charge in [0, 0.05) is 26.2 Å². The van der Waals surface area contributed by atoms with Crippen LogP contribution >= 0.6 is 0 Å². The van der Waals surface area contributed by atoms with Gasteiger partial charge in [0.2, 0.25) is 0 Å². The van der Waals surface area contributed by atoms with Crippen LogP contribution < -0.4 is 5.32 Å². The largest absolute Gasteiger partial charge is 0.468 e. The summed E-state index contributed by atoms with van der Waals surface area (Å²) in [5, 5.41) is 3.28. The SMILES string of the molecule is COC(=O)C(c1ccccc1)N1CCNCC1. The standard InChI is InChI=1S/C13H18N2O2/c1-17-13(16)12(11-5-3-2-4-6-11)15-9-7-14-8-10-15/h2-6,12,14H,7-10H2,1H3. The Morgan fingerprint density at radius 1 is 1.29 bits per heavy atom. The summed E-state index contributed by atoms with van der Waals surface area (Å²) in [6.07, 6.45) is 0. The van der Waals surface area contributed by atoms with E-state index in [2.05, 4.69) is 10.2 Å². The normalized spacial score (nSPS) is 18.6. The van der Waals surface area contributed by atoms with Gasteiger partial charge in [-0.05, 0) is 5.56 Å². The Kier molecular flexibility index (Phi) is 4.12. The van der Waals surface area contributed by atoms with E-state index in [-0.39, 0.29) is 12.0 Å². The maximum atomic E-state index is 11.9. The molecule has 1 aromatic rings. The third-order valence-electron chi connectivity index (χ3n) is 3.06. The van der Waals surface area contributed by atoms with E-state index < -0.39 is 0 Å². The van der Waals surface area contributed by atoms with Gasteiger partial charge in [-0.2, -0.15) is 0 Å².